The molecule has 202 valence electrons. The van der Waals surface area contributed by atoms with E-state index in [9.17, 15) is 18.0 Å². The number of anilines is 1. The average Bonchev–Trinajstić information content (AvgIpc) is 2.93. The van der Waals surface area contributed by atoms with Gasteiger partial charge in [0.1, 0.15) is 18.3 Å². The Bertz CT molecular complexity index is 1320. The van der Waals surface area contributed by atoms with Gasteiger partial charge in [-0.1, -0.05) is 48.9 Å². The second kappa shape index (κ2) is 13.3. The van der Waals surface area contributed by atoms with Crippen LogP contribution in [0.5, 0.6) is 5.75 Å². The van der Waals surface area contributed by atoms with Gasteiger partial charge in [-0.15, -0.1) is 0 Å². The lowest BCUT2D eigenvalue weighted by atomic mass is 10.1. The quantitative estimate of drug-likeness (QED) is 0.354. The Morgan fingerprint density at radius 1 is 0.947 bits per heavy atom. The molecule has 0 radical (unpaired) electrons. The zero-order chi connectivity index (χ0) is 27.7. The summed E-state index contributed by atoms with van der Waals surface area (Å²) < 4.78 is 34.1. The molecule has 0 saturated carbocycles. The number of carbonyl (C=O) groups excluding carboxylic acids is 2. The molecule has 8 nitrogen and oxygen atoms in total. The molecule has 0 saturated heterocycles. The highest BCUT2D eigenvalue weighted by Crippen LogP contribution is 2.26. The minimum atomic E-state index is -4.14. The molecule has 0 aliphatic rings. The lowest BCUT2D eigenvalue weighted by Gasteiger charge is -2.33. The normalized spacial score (nSPS) is 11.9. The van der Waals surface area contributed by atoms with Crippen molar-refractivity contribution in [2.45, 2.75) is 37.8 Å². The smallest absolute Gasteiger partial charge is 0.264 e. The Morgan fingerprint density at radius 3 is 2.13 bits per heavy atom. The minimum Gasteiger partial charge on any atom is -0.494 e. The van der Waals surface area contributed by atoms with Gasteiger partial charge < -0.3 is 15.0 Å². The van der Waals surface area contributed by atoms with E-state index in [-0.39, 0.29) is 17.3 Å². The summed E-state index contributed by atoms with van der Waals surface area (Å²) in [6, 6.07) is 20.6. The van der Waals surface area contributed by atoms with E-state index in [2.05, 4.69) is 5.32 Å². The van der Waals surface area contributed by atoms with Gasteiger partial charge in [0.05, 0.1) is 17.2 Å². The summed E-state index contributed by atoms with van der Waals surface area (Å²) >= 11 is 6.02. The van der Waals surface area contributed by atoms with Crippen molar-refractivity contribution < 1.29 is 22.7 Å². The summed E-state index contributed by atoms with van der Waals surface area (Å²) in [6.07, 6.45) is 0.343. The highest BCUT2D eigenvalue weighted by molar-refractivity contribution is 7.92. The van der Waals surface area contributed by atoms with E-state index in [1.807, 2.05) is 6.92 Å². The molecule has 0 aliphatic heterocycles. The number of amides is 2. The topological polar surface area (TPSA) is 96.0 Å². The molecule has 0 fully saturated rings. The summed E-state index contributed by atoms with van der Waals surface area (Å²) in [5.41, 5.74) is 1.08. The van der Waals surface area contributed by atoms with Gasteiger partial charge in [0.2, 0.25) is 11.8 Å². The van der Waals surface area contributed by atoms with E-state index in [0.717, 1.165) is 9.87 Å². The molecular formula is C28H32ClN3O5S. The highest BCUT2D eigenvalue weighted by atomic mass is 35.5. The van der Waals surface area contributed by atoms with Crippen molar-refractivity contribution >= 4 is 39.1 Å². The van der Waals surface area contributed by atoms with Crippen molar-refractivity contribution in [3.63, 3.8) is 0 Å². The molecule has 1 N–H and O–H groups in total. The third kappa shape index (κ3) is 7.05. The number of halogens is 1. The van der Waals surface area contributed by atoms with Crippen LogP contribution in [0.4, 0.5) is 5.69 Å². The zero-order valence-electron chi connectivity index (χ0n) is 21.6. The predicted molar refractivity (Wildman–Crippen MR) is 149 cm³/mol. The van der Waals surface area contributed by atoms with Gasteiger partial charge in [0.25, 0.3) is 10.0 Å². The van der Waals surface area contributed by atoms with Gasteiger partial charge in [-0.3, -0.25) is 13.9 Å². The largest absolute Gasteiger partial charge is 0.494 e. The Balaban J connectivity index is 2.01. The molecule has 0 unspecified atom stereocenters. The van der Waals surface area contributed by atoms with Crippen molar-refractivity contribution in [1.82, 2.24) is 10.2 Å². The van der Waals surface area contributed by atoms with Crippen molar-refractivity contribution in [2.75, 3.05) is 24.5 Å². The molecule has 0 spiro atoms. The van der Waals surface area contributed by atoms with E-state index in [1.54, 1.807) is 73.7 Å². The first-order valence-corrected chi connectivity index (χ1v) is 14.1. The van der Waals surface area contributed by atoms with Crippen LogP contribution in [0.1, 0.15) is 25.8 Å². The van der Waals surface area contributed by atoms with Gasteiger partial charge in [-0.25, -0.2) is 8.42 Å². The number of nitrogens with one attached hydrogen (secondary N) is 1. The summed E-state index contributed by atoms with van der Waals surface area (Å²) in [5.74, 6) is -0.316. The lowest BCUT2D eigenvalue weighted by molar-refractivity contribution is -0.140. The van der Waals surface area contributed by atoms with E-state index < -0.39 is 28.5 Å². The monoisotopic (exact) mass is 557 g/mol. The fraction of sp³-hybridized carbons (Fsp3) is 0.286. The second-order valence-corrected chi connectivity index (χ2v) is 10.7. The van der Waals surface area contributed by atoms with Gasteiger partial charge in [-0.2, -0.15) is 0 Å². The van der Waals surface area contributed by atoms with Crippen molar-refractivity contribution in [3.8, 4) is 5.75 Å². The summed E-state index contributed by atoms with van der Waals surface area (Å²) in [5, 5.41) is 3.15. The van der Waals surface area contributed by atoms with Crippen LogP contribution >= 0.6 is 11.6 Å². The van der Waals surface area contributed by atoms with Crippen molar-refractivity contribution in [1.29, 1.82) is 0 Å². The first kappa shape index (κ1) is 29.0. The van der Waals surface area contributed by atoms with E-state index in [0.29, 0.717) is 29.5 Å². The van der Waals surface area contributed by atoms with E-state index in [4.69, 9.17) is 16.3 Å². The van der Waals surface area contributed by atoms with Crippen LogP contribution in [-0.2, 0) is 26.2 Å². The summed E-state index contributed by atoms with van der Waals surface area (Å²) in [6.45, 7) is 3.69. The van der Waals surface area contributed by atoms with E-state index >= 15 is 0 Å². The summed E-state index contributed by atoms with van der Waals surface area (Å²) in [4.78, 5) is 28.0. The molecule has 0 aliphatic carbocycles. The molecule has 0 aromatic heterocycles. The third-order valence-electron chi connectivity index (χ3n) is 5.94. The first-order chi connectivity index (χ1) is 18.2. The minimum absolute atomic E-state index is 0.0141. The number of carbonyl (C=O) groups is 2. The Hall–Kier alpha value is -3.56. The zero-order valence-corrected chi connectivity index (χ0v) is 23.2. The second-order valence-electron chi connectivity index (χ2n) is 8.44. The van der Waals surface area contributed by atoms with E-state index in [1.165, 1.54) is 24.1 Å². The number of likely N-dealkylation sites (N-methyl/N-ethyl adjacent to an activating group) is 1. The first-order valence-electron chi connectivity index (χ1n) is 12.3. The van der Waals surface area contributed by atoms with Crippen molar-refractivity contribution in [2.24, 2.45) is 0 Å². The number of sulfonamides is 1. The van der Waals surface area contributed by atoms with Crippen LogP contribution in [0.3, 0.4) is 0 Å². The molecular weight excluding hydrogens is 526 g/mol. The maximum absolute atomic E-state index is 13.8. The molecule has 38 heavy (non-hydrogen) atoms. The van der Waals surface area contributed by atoms with Gasteiger partial charge in [0, 0.05) is 18.6 Å². The van der Waals surface area contributed by atoms with Crippen LogP contribution in [0.25, 0.3) is 0 Å². The molecule has 0 heterocycles. The number of rotatable bonds is 12. The standard InChI is InChI=1S/C28H32ClN3O5S/c1-4-26(28(34)30-3)31(19-21-11-13-22(29)14-12-21)27(33)20-32(23-9-7-6-8-10-23)38(35,36)25-17-15-24(16-18-25)37-5-2/h6-18,26H,4-5,19-20H2,1-3H3,(H,30,34)/t26-/m1/s1. The number of hydrogen-bond donors (Lipinski definition) is 1. The van der Waals surface area contributed by atoms with Crippen molar-refractivity contribution in [3.05, 3.63) is 89.4 Å². The molecule has 0 bridgehead atoms. The summed E-state index contributed by atoms with van der Waals surface area (Å²) in [7, 11) is -2.64. The number of hydrogen-bond acceptors (Lipinski definition) is 5. The Kier molecular flexibility index (Phi) is 10.2. The lowest BCUT2D eigenvalue weighted by Crippen LogP contribution is -2.51. The van der Waals surface area contributed by atoms with Crippen LogP contribution in [-0.4, -0.2) is 51.4 Å². The SMILES string of the molecule is CCOc1ccc(S(=O)(=O)N(CC(=O)N(Cc2ccc(Cl)cc2)[C@H](CC)C(=O)NC)c2ccccc2)cc1. The third-order valence-corrected chi connectivity index (χ3v) is 7.98. The predicted octanol–water partition coefficient (Wildman–Crippen LogP) is 4.49. The van der Waals surface area contributed by atoms with Crippen LogP contribution in [0.15, 0.2) is 83.8 Å². The molecule has 10 heteroatoms. The molecule has 2 amide bonds. The fourth-order valence-electron chi connectivity index (χ4n) is 4.00. The van der Waals surface area contributed by atoms with Gasteiger partial charge in [-0.05, 0) is 67.4 Å². The fourth-order valence-corrected chi connectivity index (χ4v) is 5.54. The Labute approximate surface area is 229 Å². The number of nitrogens with zero attached hydrogens (tertiary/aromatic N) is 2. The van der Waals surface area contributed by atoms with Crippen LogP contribution in [0.2, 0.25) is 5.02 Å². The van der Waals surface area contributed by atoms with Crippen LogP contribution in [0, 0.1) is 0 Å². The Morgan fingerprint density at radius 2 is 1.58 bits per heavy atom. The molecule has 1 atom stereocenters. The maximum atomic E-state index is 13.8. The number of benzene rings is 3. The molecule has 3 rings (SSSR count). The van der Waals surface area contributed by atoms with Gasteiger partial charge >= 0.3 is 0 Å². The molecule has 3 aromatic rings. The van der Waals surface area contributed by atoms with Gasteiger partial charge in [0.15, 0.2) is 0 Å². The van der Waals surface area contributed by atoms with Crippen LogP contribution < -0.4 is 14.4 Å². The molecule has 3 aromatic carbocycles. The number of ether oxygens (including phenoxy) is 1. The highest BCUT2D eigenvalue weighted by Gasteiger charge is 2.33. The number of para-hydroxylation sites is 1. The maximum Gasteiger partial charge on any atom is 0.264 e. The average molecular weight is 558 g/mol.